The van der Waals surface area contributed by atoms with E-state index in [2.05, 4.69) is 29.8 Å². The highest BCUT2D eigenvalue weighted by molar-refractivity contribution is 7.89. The molecule has 4 rings (SSSR count). The lowest BCUT2D eigenvalue weighted by Crippen LogP contribution is -2.47. The average Bonchev–Trinajstić information content (AvgIpc) is 3.17. The van der Waals surface area contributed by atoms with Crippen LogP contribution in [0.25, 0.3) is 5.65 Å². The number of anilines is 1. The van der Waals surface area contributed by atoms with Gasteiger partial charge in [0.1, 0.15) is 5.82 Å². The van der Waals surface area contributed by atoms with Crippen molar-refractivity contribution in [3.63, 3.8) is 0 Å². The van der Waals surface area contributed by atoms with Gasteiger partial charge in [-0.25, -0.2) is 13.1 Å². The molecule has 0 unspecified atom stereocenters. The molecule has 0 radical (unpaired) electrons. The summed E-state index contributed by atoms with van der Waals surface area (Å²) < 4.78 is 29.0. The second kappa shape index (κ2) is 9.04. The summed E-state index contributed by atoms with van der Waals surface area (Å²) >= 11 is 0. The van der Waals surface area contributed by atoms with Crippen LogP contribution in [0.2, 0.25) is 0 Å². The van der Waals surface area contributed by atoms with Crippen LogP contribution in [0.4, 0.5) is 5.82 Å². The van der Waals surface area contributed by atoms with Gasteiger partial charge in [-0.3, -0.25) is 4.90 Å². The van der Waals surface area contributed by atoms with Crippen LogP contribution in [0.1, 0.15) is 5.82 Å². The standard InChI is InChI=1S/C19H25N7O3S/c27-15-14-24-10-12-25(13-11-24)19-7-6-17-21-22-18(26(17)23-19)8-9-20-30(28,29)16-4-2-1-3-5-16/h1-7,20,27H,8-15H2. The molecule has 0 atom stereocenters. The van der Waals surface area contributed by atoms with Crippen LogP contribution in [0.3, 0.4) is 0 Å². The Balaban J connectivity index is 1.42. The highest BCUT2D eigenvalue weighted by Crippen LogP contribution is 2.15. The van der Waals surface area contributed by atoms with Gasteiger partial charge in [-0.05, 0) is 24.3 Å². The molecule has 30 heavy (non-hydrogen) atoms. The molecule has 1 saturated heterocycles. The Hall–Kier alpha value is -2.60. The van der Waals surface area contributed by atoms with Crippen LogP contribution >= 0.6 is 0 Å². The number of nitrogens with one attached hydrogen (secondary N) is 1. The predicted octanol–water partition coefficient (Wildman–Crippen LogP) is -0.240. The van der Waals surface area contributed by atoms with Crippen molar-refractivity contribution >= 4 is 21.5 Å². The van der Waals surface area contributed by atoms with Crippen molar-refractivity contribution in [3.05, 3.63) is 48.3 Å². The van der Waals surface area contributed by atoms with Gasteiger partial charge in [-0.15, -0.1) is 15.3 Å². The fourth-order valence-corrected chi connectivity index (χ4v) is 4.52. The normalized spacial score (nSPS) is 15.7. The molecule has 10 nitrogen and oxygen atoms in total. The first-order chi connectivity index (χ1) is 14.6. The van der Waals surface area contributed by atoms with Crippen molar-refractivity contribution in [2.45, 2.75) is 11.3 Å². The number of hydrogen-bond donors (Lipinski definition) is 2. The van der Waals surface area contributed by atoms with E-state index in [1.54, 1.807) is 34.8 Å². The van der Waals surface area contributed by atoms with E-state index in [0.29, 0.717) is 24.4 Å². The molecule has 0 saturated carbocycles. The summed E-state index contributed by atoms with van der Waals surface area (Å²) in [5.74, 6) is 1.43. The minimum absolute atomic E-state index is 0.169. The molecule has 0 bridgehead atoms. The maximum absolute atomic E-state index is 12.4. The third-order valence-electron chi connectivity index (χ3n) is 5.12. The molecule has 2 aromatic heterocycles. The molecular weight excluding hydrogens is 406 g/mol. The van der Waals surface area contributed by atoms with Crippen molar-refractivity contribution in [3.8, 4) is 0 Å². The highest BCUT2D eigenvalue weighted by Gasteiger charge is 2.19. The van der Waals surface area contributed by atoms with E-state index in [1.165, 1.54) is 0 Å². The number of rotatable bonds is 8. The van der Waals surface area contributed by atoms with Crippen molar-refractivity contribution in [2.75, 3.05) is 50.8 Å². The van der Waals surface area contributed by atoms with E-state index < -0.39 is 10.0 Å². The van der Waals surface area contributed by atoms with Gasteiger partial charge in [0.15, 0.2) is 11.5 Å². The smallest absolute Gasteiger partial charge is 0.240 e. The number of nitrogens with zero attached hydrogens (tertiary/aromatic N) is 6. The number of β-amino-alcohol motifs (C(OH)–C–C–N with tert-alkyl or cyclic N) is 1. The maximum atomic E-state index is 12.4. The quantitative estimate of drug-likeness (QED) is 0.502. The van der Waals surface area contributed by atoms with E-state index in [4.69, 9.17) is 5.11 Å². The number of piperazine rings is 1. The van der Waals surface area contributed by atoms with Crippen LogP contribution in [0.15, 0.2) is 47.4 Å². The largest absolute Gasteiger partial charge is 0.395 e. The Bertz CT molecular complexity index is 1080. The van der Waals surface area contributed by atoms with Crippen LogP contribution in [-0.4, -0.2) is 84.1 Å². The molecular formula is C19H25N7O3S. The van der Waals surface area contributed by atoms with E-state index in [9.17, 15) is 8.42 Å². The molecule has 1 fully saturated rings. The third-order valence-corrected chi connectivity index (χ3v) is 6.60. The van der Waals surface area contributed by atoms with Crippen molar-refractivity contribution in [1.29, 1.82) is 0 Å². The molecule has 3 heterocycles. The summed E-state index contributed by atoms with van der Waals surface area (Å²) in [5, 5.41) is 22.1. The first kappa shape index (κ1) is 20.7. The summed E-state index contributed by atoms with van der Waals surface area (Å²) in [6.07, 6.45) is 0.369. The fourth-order valence-electron chi connectivity index (χ4n) is 3.47. The highest BCUT2D eigenvalue weighted by atomic mass is 32.2. The minimum Gasteiger partial charge on any atom is -0.395 e. The summed E-state index contributed by atoms with van der Waals surface area (Å²) in [6, 6.07) is 12.1. The van der Waals surface area contributed by atoms with Crippen molar-refractivity contribution in [2.24, 2.45) is 0 Å². The van der Waals surface area contributed by atoms with E-state index in [1.807, 2.05) is 12.1 Å². The zero-order valence-corrected chi connectivity index (χ0v) is 17.4. The molecule has 0 amide bonds. The third kappa shape index (κ3) is 4.59. The number of aliphatic hydroxyl groups is 1. The molecule has 160 valence electrons. The van der Waals surface area contributed by atoms with Gasteiger partial charge in [0.25, 0.3) is 0 Å². The number of hydrogen-bond acceptors (Lipinski definition) is 8. The molecule has 1 aromatic carbocycles. The topological polar surface area (TPSA) is 116 Å². The molecule has 2 N–H and O–H groups in total. The van der Waals surface area contributed by atoms with Crippen LogP contribution in [0, 0.1) is 0 Å². The molecule has 11 heteroatoms. The Morgan fingerprint density at radius 1 is 1.00 bits per heavy atom. The van der Waals surface area contributed by atoms with Crippen LogP contribution in [-0.2, 0) is 16.4 Å². The molecule has 1 aliphatic rings. The first-order valence-electron chi connectivity index (χ1n) is 9.91. The predicted molar refractivity (Wildman–Crippen MR) is 112 cm³/mol. The lowest BCUT2D eigenvalue weighted by atomic mass is 10.3. The van der Waals surface area contributed by atoms with E-state index in [-0.39, 0.29) is 18.0 Å². The Morgan fingerprint density at radius 3 is 2.50 bits per heavy atom. The van der Waals surface area contributed by atoms with Gasteiger partial charge in [0.05, 0.1) is 11.5 Å². The zero-order chi connectivity index (χ0) is 21.0. The van der Waals surface area contributed by atoms with E-state index >= 15 is 0 Å². The maximum Gasteiger partial charge on any atom is 0.240 e. The van der Waals surface area contributed by atoms with Gasteiger partial charge < -0.3 is 10.0 Å². The Morgan fingerprint density at radius 2 is 1.77 bits per heavy atom. The molecule has 0 spiro atoms. The summed E-state index contributed by atoms with van der Waals surface area (Å²) in [6.45, 7) is 4.45. The molecule has 0 aliphatic carbocycles. The number of sulfonamides is 1. The van der Waals surface area contributed by atoms with Crippen molar-refractivity contribution in [1.82, 2.24) is 29.4 Å². The van der Waals surface area contributed by atoms with Gasteiger partial charge in [-0.1, -0.05) is 18.2 Å². The van der Waals surface area contributed by atoms with Gasteiger partial charge in [-0.2, -0.15) is 4.52 Å². The fraction of sp³-hybridized carbons (Fsp3) is 0.421. The number of benzene rings is 1. The van der Waals surface area contributed by atoms with Crippen molar-refractivity contribution < 1.29 is 13.5 Å². The lowest BCUT2D eigenvalue weighted by Gasteiger charge is -2.34. The Kier molecular flexibility index (Phi) is 6.23. The second-order valence-corrected chi connectivity index (χ2v) is 8.86. The van der Waals surface area contributed by atoms with Gasteiger partial charge >= 0.3 is 0 Å². The minimum atomic E-state index is -3.56. The monoisotopic (exact) mass is 431 g/mol. The number of aliphatic hydroxyl groups excluding tert-OH is 1. The zero-order valence-electron chi connectivity index (χ0n) is 16.6. The van der Waals surface area contributed by atoms with Gasteiger partial charge in [0, 0.05) is 45.7 Å². The average molecular weight is 432 g/mol. The number of fused-ring (bicyclic) bond motifs is 1. The van der Waals surface area contributed by atoms with E-state index in [0.717, 1.165) is 32.0 Å². The van der Waals surface area contributed by atoms with Crippen LogP contribution < -0.4 is 9.62 Å². The lowest BCUT2D eigenvalue weighted by molar-refractivity contribution is 0.188. The summed E-state index contributed by atoms with van der Waals surface area (Å²) in [4.78, 5) is 4.64. The first-order valence-corrected chi connectivity index (χ1v) is 11.4. The SMILES string of the molecule is O=S(=O)(NCCc1nnc2ccc(N3CCN(CCO)CC3)nn12)c1ccccc1. The Labute approximate surface area is 175 Å². The summed E-state index contributed by atoms with van der Waals surface area (Å²) in [5.41, 5.74) is 0.624. The molecule has 3 aromatic rings. The second-order valence-electron chi connectivity index (χ2n) is 7.09. The number of aromatic nitrogens is 4. The molecule has 1 aliphatic heterocycles. The van der Waals surface area contributed by atoms with Gasteiger partial charge in [0.2, 0.25) is 10.0 Å². The summed E-state index contributed by atoms with van der Waals surface area (Å²) in [7, 11) is -3.56. The van der Waals surface area contributed by atoms with Crippen LogP contribution in [0.5, 0.6) is 0 Å².